The molecule has 0 radical (unpaired) electrons. The fraction of sp³-hybridized carbons (Fsp3) is 0.320. The highest BCUT2D eigenvalue weighted by Crippen LogP contribution is 2.23. The molecule has 2 aromatic carbocycles. The molecule has 7 nitrogen and oxygen atoms in total. The number of piperidine rings is 1. The lowest BCUT2D eigenvalue weighted by atomic mass is 9.96. The van der Waals surface area contributed by atoms with E-state index in [0.29, 0.717) is 37.3 Å². The summed E-state index contributed by atoms with van der Waals surface area (Å²) in [6, 6.07) is 15.1. The summed E-state index contributed by atoms with van der Waals surface area (Å²) in [6.45, 7) is 2.57. The monoisotopic (exact) mass is 432 g/mol. The van der Waals surface area contributed by atoms with Crippen molar-refractivity contribution in [3.05, 3.63) is 60.3 Å². The highest BCUT2D eigenvalue weighted by molar-refractivity contribution is 5.95. The van der Waals surface area contributed by atoms with Gasteiger partial charge < -0.3 is 20.5 Å². The number of aromatic amines is 1. The van der Waals surface area contributed by atoms with Gasteiger partial charge in [-0.15, -0.1) is 0 Å². The zero-order valence-corrected chi connectivity index (χ0v) is 18.2. The van der Waals surface area contributed by atoms with E-state index in [1.54, 1.807) is 24.3 Å². The topological polar surface area (TPSA) is 94.3 Å². The van der Waals surface area contributed by atoms with Crippen LogP contribution in [-0.2, 0) is 20.8 Å². The van der Waals surface area contributed by atoms with Crippen molar-refractivity contribution < 1.29 is 14.4 Å². The first-order chi connectivity index (χ1) is 15.5. The fourth-order valence-electron chi connectivity index (χ4n) is 4.28. The minimum atomic E-state index is -0.245. The summed E-state index contributed by atoms with van der Waals surface area (Å²) in [5.41, 5.74) is 3.48. The summed E-state index contributed by atoms with van der Waals surface area (Å²) in [4.78, 5) is 42.0. The normalized spacial score (nSPS) is 16.0. The average Bonchev–Trinajstić information content (AvgIpc) is 3.20. The molecule has 1 atom stereocenters. The number of likely N-dealkylation sites (tertiary alicyclic amines) is 1. The number of anilines is 2. The third-order valence-corrected chi connectivity index (χ3v) is 5.88. The number of rotatable bonds is 6. The molecule has 1 saturated heterocycles. The molecule has 0 aliphatic carbocycles. The maximum absolute atomic E-state index is 12.8. The third-order valence-electron chi connectivity index (χ3n) is 5.88. The number of aryl methyl sites for hydroxylation is 1. The standard InChI is InChI=1S/C25H28N4O3/c1-17(30)27-20-7-4-8-21(14-20)28-25(32)19-6-5-13-29(16-19)24(31)12-11-18-15-26-23-10-3-2-9-22(18)23/h2-4,7-10,14-15,19,26H,5-6,11-13,16H2,1H3,(H,27,30)(H,28,32). The molecule has 1 fully saturated rings. The molecule has 0 spiro atoms. The maximum Gasteiger partial charge on any atom is 0.229 e. The van der Waals surface area contributed by atoms with Gasteiger partial charge in [-0.1, -0.05) is 24.3 Å². The zero-order chi connectivity index (χ0) is 22.5. The molecule has 1 unspecified atom stereocenters. The van der Waals surface area contributed by atoms with Crippen LogP contribution in [0.15, 0.2) is 54.7 Å². The van der Waals surface area contributed by atoms with Gasteiger partial charge in [0.2, 0.25) is 17.7 Å². The van der Waals surface area contributed by atoms with Gasteiger partial charge >= 0.3 is 0 Å². The lowest BCUT2D eigenvalue weighted by molar-refractivity contribution is -0.134. The molecule has 4 rings (SSSR count). The largest absolute Gasteiger partial charge is 0.361 e. The maximum atomic E-state index is 12.8. The van der Waals surface area contributed by atoms with Crippen LogP contribution in [0.2, 0.25) is 0 Å². The van der Waals surface area contributed by atoms with E-state index >= 15 is 0 Å². The van der Waals surface area contributed by atoms with Gasteiger partial charge in [0.25, 0.3) is 0 Å². The highest BCUT2D eigenvalue weighted by atomic mass is 16.2. The summed E-state index contributed by atoms with van der Waals surface area (Å²) in [5.74, 6) is -0.424. The first-order valence-electron chi connectivity index (χ1n) is 11.0. The second kappa shape index (κ2) is 9.68. The van der Waals surface area contributed by atoms with E-state index in [2.05, 4.69) is 21.7 Å². The van der Waals surface area contributed by atoms with Crippen molar-refractivity contribution in [3.8, 4) is 0 Å². The van der Waals surface area contributed by atoms with Crippen LogP contribution in [0, 0.1) is 5.92 Å². The fourth-order valence-corrected chi connectivity index (χ4v) is 4.28. The predicted molar refractivity (Wildman–Crippen MR) is 125 cm³/mol. The van der Waals surface area contributed by atoms with Crippen LogP contribution in [0.3, 0.4) is 0 Å². The molecule has 2 heterocycles. The molecule has 1 aliphatic heterocycles. The third kappa shape index (κ3) is 5.17. The van der Waals surface area contributed by atoms with Gasteiger partial charge in [-0.2, -0.15) is 0 Å². The van der Waals surface area contributed by atoms with Crippen molar-refractivity contribution in [2.75, 3.05) is 23.7 Å². The van der Waals surface area contributed by atoms with Crippen molar-refractivity contribution in [1.29, 1.82) is 0 Å². The number of nitrogens with zero attached hydrogens (tertiary/aromatic N) is 1. The van der Waals surface area contributed by atoms with Crippen molar-refractivity contribution >= 4 is 40.0 Å². The van der Waals surface area contributed by atoms with Crippen LogP contribution in [-0.4, -0.2) is 40.7 Å². The van der Waals surface area contributed by atoms with Gasteiger partial charge in [-0.05, 0) is 49.1 Å². The lowest BCUT2D eigenvalue weighted by Gasteiger charge is -2.32. The number of benzene rings is 2. The molecule has 3 aromatic rings. The Kier molecular flexibility index (Phi) is 6.54. The number of H-pyrrole nitrogens is 1. The second-order valence-corrected chi connectivity index (χ2v) is 8.29. The number of carbonyl (C=O) groups excluding carboxylic acids is 3. The van der Waals surface area contributed by atoms with Crippen molar-refractivity contribution in [3.63, 3.8) is 0 Å². The van der Waals surface area contributed by atoms with Crippen LogP contribution in [0.1, 0.15) is 31.7 Å². The van der Waals surface area contributed by atoms with Crippen LogP contribution in [0.25, 0.3) is 10.9 Å². The van der Waals surface area contributed by atoms with Crippen molar-refractivity contribution in [2.45, 2.75) is 32.6 Å². The lowest BCUT2D eigenvalue weighted by Crippen LogP contribution is -2.43. The Labute approximate surface area is 187 Å². The zero-order valence-electron chi connectivity index (χ0n) is 18.2. The SMILES string of the molecule is CC(=O)Nc1cccc(NC(=O)C2CCCN(C(=O)CCc3c[nH]c4ccccc34)C2)c1. The smallest absolute Gasteiger partial charge is 0.229 e. The van der Waals surface area contributed by atoms with Gasteiger partial charge in [0, 0.05) is 54.9 Å². The van der Waals surface area contributed by atoms with E-state index in [0.717, 1.165) is 29.3 Å². The van der Waals surface area contributed by atoms with E-state index < -0.39 is 0 Å². The summed E-state index contributed by atoms with van der Waals surface area (Å²) in [5, 5.41) is 6.79. The van der Waals surface area contributed by atoms with Crippen LogP contribution in [0.4, 0.5) is 11.4 Å². The molecular weight excluding hydrogens is 404 g/mol. The molecule has 7 heteroatoms. The molecule has 0 saturated carbocycles. The highest BCUT2D eigenvalue weighted by Gasteiger charge is 2.28. The molecule has 1 aliphatic rings. The van der Waals surface area contributed by atoms with E-state index in [1.165, 1.54) is 6.92 Å². The summed E-state index contributed by atoms with van der Waals surface area (Å²) in [7, 11) is 0. The van der Waals surface area contributed by atoms with Gasteiger partial charge in [0.05, 0.1) is 5.92 Å². The minimum absolute atomic E-state index is 0.0837. The van der Waals surface area contributed by atoms with Crippen LogP contribution >= 0.6 is 0 Å². The average molecular weight is 433 g/mol. The van der Waals surface area contributed by atoms with Gasteiger partial charge in [-0.25, -0.2) is 0 Å². The minimum Gasteiger partial charge on any atom is -0.361 e. The second-order valence-electron chi connectivity index (χ2n) is 8.29. The molecular formula is C25H28N4O3. The van der Waals surface area contributed by atoms with E-state index in [-0.39, 0.29) is 23.6 Å². The molecule has 1 aromatic heterocycles. The Hall–Kier alpha value is -3.61. The van der Waals surface area contributed by atoms with Crippen LogP contribution in [0.5, 0.6) is 0 Å². The number of nitrogens with one attached hydrogen (secondary N) is 3. The quantitative estimate of drug-likeness (QED) is 0.551. The van der Waals surface area contributed by atoms with E-state index in [9.17, 15) is 14.4 Å². The number of carbonyl (C=O) groups is 3. The number of hydrogen-bond acceptors (Lipinski definition) is 3. The van der Waals surface area contributed by atoms with Gasteiger partial charge in [-0.3, -0.25) is 14.4 Å². The summed E-state index contributed by atoms with van der Waals surface area (Å²) >= 11 is 0. The number of amides is 3. The predicted octanol–water partition coefficient (Wildman–Crippen LogP) is 3.94. The molecule has 3 N–H and O–H groups in total. The number of fused-ring (bicyclic) bond motifs is 1. The van der Waals surface area contributed by atoms with Gasteiger partial charge in [0.1, 0.15) is 0 Å². The van der Waals surface area contributed by atoms with Crippen molar-refractivity contribution in [2.24, 2.45) is 5.92 Å². The number of hydrogen-bond donors (Lipinski definition) is 3. The Bertz CT molecular complexity index is 1140. The molecule has 3 amide bonds. The van der Waals surface area contributed by atoms with E-state index in [4.69, 9.17) is 0 Å². The number of aromatic nitrogens is 1. The number of para-hydroxylation sites is 1. The Morgan fingerprint density at radius 1 is 1.06 bits per heavy atom. The molecule has 0 bridgehead atoms. The molecule has 166 valence electrons. The molecule has 32 heavy (non-hydrogen) atoms. The summed E-state index contributed by atoms with van der Waals surface area (Å²) in [6.07, 6.45) is 4.63. The Balaban J connectivity index is 1.33. The van der Waals surface area contributed by atoms with Crippen LogP contribution < -0.4 is 10.6 Å². The van der Waals surface area contributed by atoms with E-state index in [1.807, 2.05) is 29.3 Å². The summed E-state index contributed by atoms with van der Waals surface area (Å²) < 4.78 is 0. The Morgan fingerprint density at radius 3 is 2.66 bits per heavy atom. The van der Waals surface area contributed by atoms with Crippen molar-refractivity contribution in [1.82, 2.24) is 9.88 Å². The van der Waals surface area contributed by atoms with Gasteiger partial charge in [0.15, 0.2) is 0 Å². The first kappa shape index (κ1) is 21.6. The Morgan fingerprint density at radius 2 is 1.84 bits per heavy atom. The first-order valence-corrected chi connectivity index (χ1v) is 11.0.